The van der Waals surface area contributed by atoms with Crippen LogP contribution in [0.3, 0.4) is 0 Å². The first-order chi connectivity index (χ1) is 6.86. The first-order valence-corrected chi connectivity index (χ1v) is 5.63. The van der Waals surface area contributed by atoms with Crippen molar-refractivity contribution in [3.8, 4) is 0 Å². The number of carbonyl (C=O) groups excluding carboxylic acids is 1. The summed E-state index contributed by atoms with van der Waals surface area (Å²) in [6.07, 6.45) is 1.60. The largest absolute Gasteiger partial charge is 0.467 e. The summed E-state index contributed by atoms with van der Waals surface area (Å²) in [6, 6.07) is 3.61. The van der Waals surface area contributed by atoms with Gasteiger partial charge in [-0.2, -0.15) is 0 Å². The number of nitrogens with one attached hydrogen (secondary N) is 2. The number of hydrogen-bond donors (Lipinski definition) is 2. The molecule has 0 bridgehead atoms. The highest BCUT2D eigenvalue weighted by Gasteiger charge is 2.21. The molecule has 1 aromatic heterocycles. The minimum absolute atomic E-state index is 0.0463. The molecular formula is C9H12N2O2S. The maximum Gasteiger partial charge on any atom is 0.238 e. The van der Waals surface area contributed by atoms with Crippen molar-refractivity contribution in [3.05, 3.63) is 24.2 Å². The predicted molar refractivity (Wildman–Crippen MR) is 54.8 cm³/mol. The fourth-order valence-electron chi connectivity index (χ4n) is 1.27. The van der Waals surface area contributed by atoms with Crippen molar-refractivity contribution in [1.29, 1.82) is 0 Å². The van der Waals surface area contributed by atoms with E-state index in [0.717, 1.165) is 17.4 Å². The van der Waals surface area contributed by atoms with E-state index in [0.29, 0.717) is 6.54 Å². The van der Waals surface area contributed by atoms with E-state index < -0.39 is 0 Å². The smallest absolute Gasteiger partial charge is 0.238 e. The number of amides is 1. The van der Waals surface area contributed by atoms with Crippen molar-refractivity contribution in [2.75, 3.05) is 11.6 Å². The Morgan fingerprint density at radius 2 is 2.71 bits per heavy atom. The van der Waals surface area contributed by atoms with Gasteiger partial charge < -0.3 is 9.73 Å². The van der Waals surface area contributed by atoms with Gasteiger partial charge >= 0.3 is 0 Å². The van der Waals surface area contributed by atoms with Crippen LogP contribution in [0.1, 0.15) is 5.76 Å². The topological polar surface area (TPSA) is 54.3 Å². The van der Waals surface area contributed by atoms with Crippen LogP contribution in [0.4, 0.5) is 0 Å². The van der Waals surface area contributed by atoms with Crippen LogP contribution >= 0.6 is 11.8 Å². The molecule has 1 amide bonds. The highest BCUT2D eigenvalue weighted by atomic mass is 32.2. The summed E-state index contributed by atoms with van der Waals surface area (Å²) in [4.78, 5) is 11.5. The first-order valence-electron chi connectivity index (χ1n) is 4.47. The van der Waals surface area contributed by atoms with Gasteiger partial charge in [0.2, 0.25) is 5.91 Å². The van der Waals surface area contributed by atoms with Crippen LogP contribution < -0.4 is 10.6 Å². The van der Waals surface area contributed by atoms with E-state index in [9.17, 15) is 4.79 Å². The molecule has 2 heterocycles. The van der Waals surface area contributed by atoms with Crippen molar-refractivity contribution in [1.82, 2.24) is 10.6 Å². The average molecular weight is 212 g/mol. The SMILES string of the molecule is O=C(NCc1ccco1)C1CSCN1. The fraction of sp³-hybridized carbons (Fsp3) is 0.444. The molecule has 0 saturated carbocycles. The van der Waals surface area contributed by atoms with Gasteiger partial charge in [0.1, 0.15) is 5.76 Å². The molecule has 76 valence electrons. The Morgan fingerprint density at radius 3 is 3.36 bits per heavy atom. The maximum atomic E-state index is 11.5. The number of rotatable bonds is 3. The summed E-state index contributed by atoms with van der Waals surface area (Å²) in [7, 11) is 0. The fourth-order valence-corrected chi connectivity index (χ4v) is 2.22. The lowest BCUT2D eigenvalue weighted by atomic mass is 10.3. The van der Waals surface area contributed by atoms with Crippen molar-refractivity contribution in [3.63, 3.8) is 0 Å². The molecule has 2 rings (SSSR count). The highest BCUT2D eigenvalue weighted by molar-refractivity contribution is 7.99. The summed E-state index contributed by atoms with van der Waals surface area (Å²) < 4.78 is 5.11. The van der Waals surface area contributed by atoms with Gasteiger partial charge in [-0.3, -0.25) is 10.1 Å². The Bertz CT molecular complexity index is 294. The minimum Gasteiger partial charge on any atom is -0.467 e. The van der Waals surface area contributed by atoms with Crippen molar-refractivity contribution >= 4 is 17.7 Å². The number of furan rings is 1. The quantitative estimate of drug-likeness (QED) is 0.768. The van der Waals surface area contributed by atoms with Gasteiger partial charge in [-0.05, 0) is 12.1 Å². The highest BCUT2D eigenvalue weighted by Crippen LogP contribution is 2.09. The van der Waals surface area contributed by atoms with Crippen molar-refractivity contribution in [2.45, 2.75) is 12.6 Å². The van der Waals surface area contributed by atoms with Crippen LogP contribution in [0, 0.1) is 0 Å². The lowest BCUT2D eigenvalue weighted by Gasteiger charge is -2.08. The predicted octanol–water partition coefficient (Wildman–Crippen LogP) is 0.558. The monoisotopic (exact) mass is 212 g/mol. The summed E-state index contributed by atoms with van der Waals surface area (Å²) in [5, 5.41) is 5.93. The molecule has 14 heavy (non-hydrogen) atoms. The molecule has 0 spiro atoms. The van der Waals surface area contributed by atoms with Crippen LogP contribution in [0.2, 0.25) is 0 Å². The number of thioether (sulfide) groups is 1. The summed E-state index contributed by atoms with van der Waals surface area (Å²) >= 11 is 1.74. The van der Waals surface area contributed by atoms with Gasteiger partial charge in [0.05, 0.1) is 18.8 Å². The lowest BCUT2D eigenvalue weighted by molar-refractivity contribution is -0.122. The standard InChI is InChI=1S/C9H12N2O2S/c12-9(8-5-14-6-11-8)10-4-7-2-1-3-13-7/h1-3,8,11H,4-6H2,(H,10,12). The van der Waals surface area contributed by atoms with E-state index in [1.54, 1.807) is 18.0 Å². The molecule has 1 aliphatic heterocycles. The molecule has 0 aromatic carbocycles. The molecule has 1 aromatic rings. The Labute approximate surface area is 86.4 Å². The van der Waals surface area contributed by atoms with Crippen molar-refractivity contribution in [2.24, 2.45) is 0 Å². The molecule has 1 fully saturated rings. The molecular weight excluding hydrogens is 200 g/mol. The van der Waals surface area contributed by atoms with Crippen LogP contribution in [0.5, 0.6) is 0 Å². The molecule has 5 heteroatoms. The van der Waals surface area contributed by atoms with E-state index in [1.807, 2.05) is 12.1 Å². The van der Waals surface area contributed by atoms with Gasteiger partial charge in [0.15, 0.2) is 0 Å². The van der Waals surface area contributed by atoms with E-state index in [4.69, 9.17) is 4.42 Å². The van der Waals surface area contributed by atoms with E-state index >= 15 is 0 Å². The van der Waals surface area contributed by atoms with E-state index in [2.05, 4.69) is 10.6 Å². The number of carbonyl (C=O) groups is 1. The van der Waals surface area contributed by atoms with Crippen molar-refractivity contribution < 1.29 is 9.21 Å². The lowest BCUT2D eigenvalue weighted by Crippen LogP contribution is -2.41. The number of hydrogen-bond acceptors (Lipinski definition) is 4. The van der Waals surface area contributed by atoms with Gasteiger partial charge in [-0.25, -0.2) is 0 Å². The Kier molecular flexibility index (Phi) is 3.10. The molecule has 1 atom stereocenters. The Hall–Kier alpha value is -0.940. The third-order valence-corrected chi connectivity index (χ3v) is 2.99. The van der Waals surface area contributed by atoms with Gasteiger partial charge in [0, 0.05) is 11.6 Å². The van der Waals surface area contributed by atoms with Gasteiger partial charge in [-0.15, -0.1) is 11.8 Å². The minimum atomic E-state index is -0.0463. The van der Waals surface area contributed by atoms with Crippen LogP contribution in [-0.4, -0.2) is 23.6 Å². The van der Waals surface area contributed by atoms with E-state index in [1.165, 1.54) is 0 Å². The molecule has 1 unspecified atom stereocenters. The molecule has 4 nitrogen and oxygen atoms in total. The zero-order chi connectivity index (χ0) is 9.80. The average Bonchev–Trinajstić information content (AvgIpc) is 2.87. The van der Waals surface area contributed by atoms with Crippen LogP contribution in [0.15, 0.2) is 22.8 Å². The molecule has 0 radical (unpaired) electrons. The zero-order valence-corrected chi connectivity index (χ0v) is 8.47. The maximum absolute atomic E-state index is 11.5. The van der Waals surface area contributed by atoms with Gasteiger partial charge in [-0.1, -0.05) is 0 Å². The van der Waals surface area contributed by atoms with Gasteiger partial charge in [0.25, 0.3) is 0 Å². The second-order valence-electron chi connectivity index (χ2n) is 3.07. The van der Waals surface area contributed by atoms with E-state index in [-0.39, 0.29) is 11.9 Å². The third-order valence-electron chi connectivity index (χ3n) is 2.05. The molecule has 1 saturated heterocycles. The molecule has 2 N–H and O–H groups in total. The molecule has 1 aliphatic rings. The zero-order valence-electron chi connectivity index (χ0n) is 7.66. The normalized spacial score (nSPS) is 21.0. The molecule has 0 aliphatic carbocycles. The Balaban J connectivity index is 1.77. The summed E-state index contributed by atoms with van der Waals surface area (Å²) in [5.74, 6) is 2.54. The summed E-state index contributed by atoms with van der Waals surface area (Å²) in [5.41, 5.74) is 0. The second-order valence-corrected chi connectivity index (χ2v) is 4.10. The van der Waals surface area contributed by atoms with Crippen LogP contribution in [-0.2, 0) is 11.3 Å². The summed E-state index contributed by atoms with van der Waals surface area (Å²) in [6.45, 7) is 0.467. The first kappa shape index (κ1) is 9.61. The van der Waals surface area contributed by atoms with Crippen LogP contribution in [0.25, 0.3) is 0 Å². The Morgan fingerprint density at radius 1 is 1.79 bits per heavy atom. The second kappa shape index (κ2) is 4.52. The third kappa shape index (κ3) is 2.30.